The fraction of sp³-hybridized carbons (Fsp3) is 0.389. The van der Waals surface area contributed by atoms with Crippen LogP contribution in [0.5, 0.6) is 0 Å². The fourth-order valence-corrected chi connectivity index (χ4v) is 3.20. The maximum Gasteiger partial charge on any atom is 0.374 e. The van der Waals surface area contributed by atoms with E-state index in [4.69, 9.17) is 20.8 Å². The Morgan fingerprint density at radius 1 is 1.16 bits per heavy atom. The third-order valence-electron chi connectivity index (χ3n) is 4.39. The summed E-state index contributed by atoms with van der Waals surface area (Å²) in [4.78, 5) is 16.2. The number of halogens is 2. The number of nitrogens with zero attached hydrogens (tertiary/aromatic N) is 2. The molecule has 0 unspecified atom stereocenters. The van der Waals surface area contributed by atoms with E-state index in [1.54, 1.807) is 12.1 Å². The molecule has 3 rings (SSSR count). The molecule has 2 heterocycles. The van der Waals surface area contributed by atoms with Crippen molar-refractivity contribution in [2.75, 3.05) is 33.3 Å². The number of rotatable bonds is 5. The lowest BCUT2D eigenvalue weighted by atomic mass is 10.1. The summed E-state index contributed by atoms with van der Waals surface area (Å²) in [6.45, 7) is 4.82. The molecule has 0 bridgehead atoms. The molecule has 25 heavy (non-hydrogen) atoms. The third kappa shape index (κ3) is 4.39. The van der Waals surface area contributed by atoms with Crippen molar-refractivity contribution in [3.05, 3.63) is 58.3 Å². The lowest BCUT2D eigenvalue weighted by Gasteiger charge is -2.34. The Labute approximate surface area is 150 Å². The van der Waals surface area contributed by atoms with Crippen LogP contribution in [0.2, 0.25) is 5.02 Å². The standard InChI is InChI=1S/C18H20ClFN2O3/c1-24-18(23)17-14(4-9-25-17)12-22-7-5-21(6-8-22)11-13-2-3-15(20)10-16(13)19/h2-4,9-10H,5-8,11-12H2,1H3. The number of ether oxygens (including phenoxy) is 1. The summed E-state index contributed by atoms with van der Waals surface area (Å²) in [7, 11) is 1.34. The molecule has 0 amide bonds. The molecular weight excluding hydrogens is 347 g/mol. The zero-order valence-electron chi connectivity index (χ0n) is 14.0. The van der Waals surface area contributed by atoms with Crippen LogP contribution in [0.25, 0.3) is 0 Å². The van der Waals surface area contributed by atoms with Gasteiger partial charge in [0.1, 0.15) is 5.82 Å². The van der Waals surface area contributed by atoms with Gasteiger partial charge in [-0.2, -0.15) is 0 Å². The van der Waals surface area contributed by atoms with Crippen molar-refractivity contribution in [3.63, 3.8) is 0 Å². The predicted octanol–water partition coefficient (Wildman–Crippen LogP) is 3.18. The minimum atomic E-state index is -0.454. The Bertz CT molecular complexity index is 742. The van der Waals surface area contributed by atoms with Crippen LogP contribution < -0.4 is 0 Å². The highest BCUT2D eigenvalue weighted by Crippen LogP contribution is 2.21. The number of methoxy groups -OCH3 is 1. The summed E-state index contributed by atoms with van der Waals surface area (Å²) in [5.74, 6) is -0.507. The zero-order valence-corrected chi connectivity index (χ0v) is 14.8. The van der Waals surface area contributed by atoms with E-state index >= 15 is 0 Å². The van der Waals surface area contributed by atoms with Crippen molar-refractivity contribution < 1.29 is 18.3 Å². The van der Waals surface area contributed by atoms with Crippen molar-refractivity contribution in [1.29, 1.82) is 0 Å². The summed E-state index contributed by atoms with van der Waals surface area (Å²) in [5, 5.41) is 0.462. The molecule has 1 saturated heterocycles. The zero-order chi connectivity index (χ0) is 17.8. The molecular formula is C18H20ClFN2O3. The van der Waals surface area contributed by atoms with Gasteiger partial charge in [-0.05, 0) is 23.8 Å². The summed E-state index contributed by atoms with van der Waals surface area (Å²) >= 11 is 6.10. The van der Waals surface area contributed by atoms with E-state index in [0.717, 1.165) is 37.3 Å². The van der Waals surface area contributed by atoms with E-state index in [0.29, 0.717) is 18.1 Å². The van der Waals surface area contributed by atoms with Gasteiger partial charge in [0.15, 0.2) is 0 Å². The molecule has 1 aliphatic heterocycles. The normalized spacial score (nSPS) is 16.1. The molecule has 1 aromatic carbocycles. The summed E-state index contributed by atoms with van der Waals surface area (Å²) < 4.78 is 23.1. The first-order chi connectivity index (χ1) is 12.1. The van der Waals surface area contributed by atoms with Gasteiger partial charge in [-0.1, -0.05) is 17.7 Å². The average molecular weight is 367 g/mol. The van der Waals surface area contributed by atoms with Gasteiger partial charge in [-0.25, -0.2) is 9.18 Å². The lowest BCUT2D eigenvalue weighted by molar-refractivity contribution is 0.0559. The van der Waals surface area contributed by atoms with E-state index in [9.17, 15) is 9.18 Å². The number of carbonyl (C=O) groups is 1. The van der Waals surface area contributed by atoms with Crippen LogP contribution in [0.15, 0.2) is 34.9 Å². The van der Waals surface area contributed by atoms with Crippen molar-refractivity contribution >= 4 is 17.6 Å². The number of hydrogen-bond donors (Lipinski definition) is 0. The van der Waals surface area contributed by atoms with Gasteiger partial charge in [0.25, 0.3) is 0 Å². The molecule has 5 nitrogen and oxygen atoms in total. The second kappa shape index (κ2) is 7.99. The Balaban J connectivity index is 1.54. The highest BCUT2D eigenvalue weighted by atomic mass is 35.5. The molecule has 0 spiro atoms. The van der Waals surface area contributed by atoms with E-state index in [2.05, 4.69) is 9.80 Å². The smallest absolute Gasteiger partial charge is 0.374 e. The second-order valence-corrected chi connectivity index (χ2v) is 6.46. The molecule has 0 atom stereocenters. The number of benzene rings is 1. The molecule has 0 saturated carbocycles. The van der Waals surface area contributed by atoms with Crippen LogP contribution in [-0.2, 0) is 17.8 Å². The largest absolute Gasteiger partial charge is 0.463 e. The topological polar surface area (TPSA) is 45.9 Å². The first-order valence-corrected chi connectivity index (χ1v) is 8.48. The van der Waals surface area contributed by atoms with E-state index < -0.39 is 5.97 Å². The van der Waals surface area contributed by atoms with Crippen LogP contribution in [0.4, 0.5) is 4.39 Å². The van der Waals surface area contributed by atoms with Crippen molar-refractivity contribution in [2.45, 2.75) is 13.1 Å². The summed E-state index contributed by atoms with van der Waals surface area (Å²) in [6, 6.07) is 6.32. The molecule has 2 aromatic rings. The monoisotopic (exact) mass is 366 g/mol. The van der Waals surface area contributed by atoms with Crippen molar-refractivity contribution in [1.82, 2.24) is 9.80 Å². The Hall–Kier alpha value is -1.89. The summed E-state index contributed by atoms with van der Waals surface area (Å²) in [5.41, 5.74) is 1.77. The SMILES string of the molecule is COC(=O)c1occc1CN1CCN(Cc2ccc(F)cc2Cl)CC1. The van der Waals surface area contributed by atoms with E-state index in [1.165, 1.54) is 25.5 Å². The molecule has 1 aliphatic rings. The average Bonchev–Trinajstić information content (AvgIpc) is 3.06. The maximum absolute atomic E-state index is 13.1. The second-order valence-electron chi connectivity index (χ2n) is 6.05. The number of esters is 1. The van der Waals surface area contributed by atoms with Crippen LogP contribution in [-0.4, -0.2) is 49.1 Å². The summed E-state index contributed by atoms with van der Waals surface area (Å²) in [6.07, 6.45) is 1.51. The maximum atomic E-state index is 13.1. The van der Waals surface area contributed by atoms with Gasteiger partial charge < -0.3 is 9.15 Å². The number of furan rings is 1. The van der Waals surface area contributed by atoms with Gasteiger partial charge in [0.05, 0.1) is 13.4 Å². The number of hydrogen-bond acceptors (Lipinski definition) is 5. The van der Waals surface area contributed by atoms with Crippen LogP contribution >= 0.6 is 11.6 Å². The van der Waals surface area contributed by atoms with Crippen LogP contribution in [0, 0.1) is 5.82 Å². The predicted molar refractivity (Wildman–Crippen MR) is 92.0 cm³/mol. The Morgan fingerprint density at radius 3 is 2.40 bits per heavy atom. The highest BCUT2D eigenvalue weighted by Gasteiger charge is 2.22. The minimum Gasteiger partial charge on any atom is -0.463 e. The first-order valence-electron chi connectivity index (χ1n) is 8.10. The number of piperazine rings is 1. The quantitative estimate of drug-likeness (QED) is 0.760. The Kier molecular flexibility index (Phi) is 5.73. The molecule has 1 fully saturated rings. The fourth-order valence-electron chi connectivity index (χ4n) is 2.97. The van der Waals surface area contributed by atoms with Crippen LogP contribution in [0.1, 0.15) is 21.7 Å². The van der Waals surface area contributed by atoms with Crippen LogP contribution in [0.3, 0.4) is 0 Å². The van der Waals surface area contributed by atoms with E-state index in [1.807, 2.05) is 0 Å². The molecule has 1 aromatic heterocycles. The minimum absolute atomic E-state index is 0.267. The van der Waals surface area contributed by atoms with Gasteiger partial charge in [-0.15, -0.1) is 0 Å². The molecule has 7 heteroatoms. The lowest BCUT2D eigenvalue weighted by Crippen LogP contribution is -2.45. The first kappa shape index (κ1) is 17.9. The Morgan fingerprint density at radius 2 is 1.80 bits per heavy atom. The van der Waals surface area contributed by atoms with Gasteiger partial charge in [-0.3, -0.25) is 9.80 Å². The molecule has 0 radical (unpaired) electrons. The number of carbonyl (C=O) groups excluding carboxylic acids is 1. The van der Waals surface area contributed by atoms with Gasteiger partial charge in [0.2, 0.25) is 5.76 Å². The molecule has 0 aliphatic carbocycles. The van der Waals surface area contributed by atoms with Crippen molar-refractivity contribution in [3.8, 4) is 0 Å². The highest BCUT2D eigenvalue weighted by molar-refractivity contribution is 6.31. The van der Waals surface area contributed by atoms with Gasteiger partial charge >= 0.3 is 5.97 Å². The molecule has 0 N–H and O–H groups in total. The molecule has 134 valence electrons. The van der Waals surface area contributed by atoms with E-state index in [-0.39, 0.29) is 11.6 Å². The third-order valence-corrected chi connectivity index (χ3v) is 4.74. The van der Waals surface area contributed by atoms with Gasteiger partial charge in [0, 0.05) is 49.9 Å². The van der Waals surface area contributed by atoms with Crippen molar-refractivity contribution in [2.24, 2.45) is 0 Å².